The van der Waals surface area contributed by atoms with Crippen LogP contribution in [0.5, 0.6) is 5.75 Å². The van der Waals surface area contributed by atoms with Crippen LogP contribution in [0.25, 0.3) is 0 Å². The fourth-order valence-electron chi connectivity index (χ4n) is 3.08. The summed E-state index contributed by atoms with van der Waals surface area (Å²) in [6.07, 6.45) is 0.438. The van der Waals surface area contributed by atoms with Crippen molar-refractivity contribution in [3.05, 3.63) is 26.6 Å². The minimum Gasteiger partial charge on any atom is -0.468 e. The van der Waals surface area contributed by atoms with Crippen LogP contribution in [0.3, 0.4) is 0 Å². The first-order valence-electron chi connectivity index (χ1n) is 6.89. The van der Waals surface area contributed by atoms with E-state index in [9.17, 15) is 14.4 Å². The number of hydrogen-bond donors (Lipinski definition) is 0. The number of cyclic esters (lactones) is 1. The lowest BCUT2D eigenvalue weighted by molar-refractivity contribution is -0.159. The summed E-state index contributed by atoms with van der Waals surface area (Å²) in [7, 11) is 1.20. The first-order chi connectivity index (χ1) is 10.9. The van der Waals surface area contributed by atoms with Crippen LogP contribution in [0.1, 0.15) is 17.9 Å². The van der Waals surface area contributed by atoms with Crippen LogP contribution in [0.15, 0.2) is 21.1 Å². The summed E-state index contributed by atoms with van der Waals surface area (Å²) in [4.78, 5) is 36.6. The summed E-state index contributed by atoms with van der Waals surface area (Å²) >= 11 is 6.72. The maximum atomic E-state index is 12.4. The molecule has 122 valence electrons. The normalized spacial score (nSPS) is 26.3. The van der Waals surface area contributed by atoms with Crippen molar-refractivity contribution in [2.75, 3.05) is 13.7 Å². The lowest BCUT2D eigenvalue weighted by Gasteiger charge is -2.33. The fourth-order valence-corrected chi connectivity index (χ4v) is 4.42. The zero-order chi connectivity index (χ0) is 16.7. The number of benzene rings is 1. The van der Waals surface area contributed by atoms with E-state index < -0.39 is 35.7 Å². The molecule has 0 N–H and O–H groups in total. The largest absolute Gasteiger partial charge is 0.468 e. The Hall–Kier alpha value is -1.41. The molecule has 3 rings (SSSR count). The molecule has 2 heterocycles. The fraction of sp³-hybridized carbons (Fsp3) is 0.400. The van der Waals surface area contributed by atoms with Gasteiger partial charge < -0.3 is 14.2 Å². The van der Waals surface area contributed by atoms with E-state index in [1.54, 1.807) is 12.1 Å². The van der Waals surface area contributed by atoms with Gasteiger partial charge in [0, 0.05) is 16.0 Å². The Morgan fingerprint density at radius 1 is 1.26 bits per heavy atom. The summed E-state index contributed by atoms with van der Waals surface area (Å²) in [5.41, 5.74) is 0.602. The highest BCUT2D eigenvalue weighted by molar-refractivity contribution is 9.11. The van der Waals surface area contributed by atoms with Gasteiger partial charge in [0.05, 0.1) is 24.1 Å². The van der Waals surface area contributed by atoms with Gasteiger partial charge in [-0.3, -0.25) is 14.4 Å². The van der Waals surface area contributed by atoms with Crippen molar-refractivity contribution in [2.45, 2.75) is 12.3 Å². The van der Waals surface area contributed by atoms with Crippen molar-refractivity contribution >= 4 is 49.8 Å². The molecule has 2 aliphatic rings. The number of ether oxygens (including phenoxy) is 3. The van der Waals surface area contributed by atoms with Crippen LogP contribution >= 0.6 is 31.9 Å². The molecule has 0 bridgehead atoms. The molecule has 0 aromatic heterocycles. The van der Waals surface area contributed by atoms with E-state index in [2.05, 4.69) is 31.9 Å². The molecule has 1 saturated heterocycles. The molecule has 0 saturated carbocycles. The third kappa shape index (κ3) is 2.78. The van der Waals surface area contributed by atoms with Crippen LogP contribution in [-0.2, 0) is 23.9 Å². The van der Waals surface area contributed by atoms with E-state index in [0.717, 1.165) is 4.47 Å². The van der Waals surface area contributed by atoms with Crippen LogP contribution in [0.2, 0.25) is 0 Å². The number of carbonyl (C=O) groups is 3. The number of carbonyl (C=O) groups excluding carboxylic acids is 3. The number of rotatable bonds is 2. The van der Waals surface area contributed by atoms with Gasteiger partial charge in [-0.2, -0.15) is 0 Å². The van der Waals surface area contributed by atoms with Gasteiger partial charge in [-0.05, 0) is 34.5 Å². The first kappa shape index (κ1) is 16.4. The smallest absolute Gasteiger partial charge is 0.326 e. The van der Waals surface area contributed by atoms with Gasteiger partial charge in [0.1, 0.15) is 5.75 Å². The van der Waals surface area contributed by atoms with Crippen LogP contribution < -0.4 is 4.74 Å². The second-order valence-corrected chi connectivity index (χ2v) is 7.09. The van der Waals surface area contributed by atoms with Gasteiger partial charge in [-0.15, -0.1) is 0 Å². The standard InChI is InChI=1S/C15H12Br2O6/c1-21-14(19)11-10(7-2-3-22-13(7)18)8-4-6(16)5-9(17)12(8)23-15(11)20/h4-5,7,10-11H,2-3H2,1H3. The Morgan fingerprint density at radius 3 is 2.61 bits per heavy atom. The highest BCUT2D eigenvalue weighted by Gasteiger charge is 2.51. The topological polar surface area (TPSA) is 78.9 Å². The molecule has 23 heavy (non-hydrogen) atoms. The van der Waals surface area contributed by atoms with Gasteiger partial charge in [-0.1, -0.05) is 15.9 Å². The van der Waals surface area contributed by atoms with Crippen molar-refractivity contribution < 1.29 is 28.6 Å². The van der Waals surface area contributed by atoms with E-state index in [-0.39, 0.29) is 6.61 Å². The zero-order valence-electron chi connectivity index (χ0n) is 12.0. The zero-order valence-corrected chi connectivity index (χ0v) is 15.2. The Bertz CT molecular complexity index is 701. The van der Waals surface area contributed by atoms with Gasteiger partial charge in [-0.25, -0.2) is 0 Å². The Morgan fingerprint density at radius 2 is 2.00 bits per heavy atom. The lowest BCUT2D eigenvalue weighted by atomic mass is 9.74. The van der Waals surface area contributed by atoms with Crippen molar-refractivity contribution in [1.82, 2.24) is 0 Å². The van der Waals surface area contributed by atoms with Crippen molar-refractivity contribution in [3.63, 3.8) is 0 Å². The lowest BCUT2D eigenvalue weighted by Crippen LogP contribution is -2.42. The Labute approximate surface area is 148 Å². The molecule has 0 amide bonds. The quantitative estimate of drug-likeness (QED) is 0.394. The number of halogens is 2. The average Bonchev–Trinajstić information content (AvgIpc) is 2.92. The van der Waals surface area contributed by atoms with Gasteiger partial charge >= 0.3 is 17.9 Å². The minimum absolute atomic E-state index is 0.271. The van der Waals surface area contributed by atoms with E-state index in [0.29, 0.717) is 22.2 Å². The van der Waals surface area contributed by atoms with Gasteiger partial charge in [0.25, 0.3) is 0 Å². The van der Waals surface area contributed by atoms with Crippen LogP contribution in [-0.4, -0.2) is 31.6 Å². The summed E-state index contributed by atoms with van der Waals surface area (Å²) < 4.78 is 16.4. The summed E-state index contributed by atoms with van der Waals surface area (Å²) in [6, 6.07) is 3.48. The molecule has 0 spiro atoms. The summed E-state index contributed by atoms with van der Waals surface area (Å²) in [6.45, 7) is 0.271. The molecule has 1 aromatic rings. The molecule has 2 aliphatic heterocycles. The maximum absolute atomic E-state index is 12.4. The third-order valence-electron chi connectivity index (χ3n) is 4.08. The number of hydrogen-bond acceptors (Lipinski definition) is 6. The molecule has 8 heteroatoms. The second kappa shape index (κ2) is 6.24. The van der Waals surface area contributed by atoms with E-state index >= 15 is 0 Å². The molecule has 0 aliphatic carbocycles. The van der Waals surface area contributed by atoms with Crippen LogP contribution in [0, 0.1) is 11.8 Å². The van der Waals surface area contributed by atoms with Crippen molar-refractivity contribution in [3.8, 4) is 5.75 Å². The van der Waals surface area contributed by atoms with Crippen LogP contribution in [0.4, 0.5) is 0 Å². The second-order valence-electron chi connectivity index (χ2n) is 5.32. The predicted octanol–water partition coefficient (Wildman–Crippen LogP) is 2.57. The Kier molecular flexibility index (Phi) is 4.46. The molecule has 3 unspecified atom stereocenters. The molecule has 3 atom stereocenters. The average molecular weight is 448 g/mol. The Balaban J connectivity index is 2.18. The molecular weight excluding hydrogens is 436 g/mol. The van der Waals surface area contributed by atoms with Crippen molar-refractivity contribution in [1.29, 1.82) is 0 Å². The molecule has 1 fully saturated rings. The molecule has 0 radical (unpaired) electrons. The maximum Gasteiger partial charge on any atom is 0.326 e. The highest BCUT2D eigenvalue weighted by atomic mass is 79.9. The first-order valence-corrected chi connectivity index (χ1v) is 8.47. The predicted molar refractivity (Wildman–Crippen MR) is 84.8 cm³/mol. The summed E-state index contributed by atoms with van der Waals surface area (Å²) in [5.74, 6) is -4.00. The van der Waals surface area contributed by atoms with E-state index in [1.807, 2.05) is 0 Å². The monoisotopic (exact) mass is 446 g/mol. The highest BCUT2D eigenvalue weighted by Crippen LogP contribution is 2.49. The minimum atomic E-state index is -1.19. The molecule has 6 nitrogen and oxygen atoms in total. The third-order valence-corrected chi connectivity index (χ3v) is 5.12. The van der Waals surface area contributed by atoms with Gasteiger partial charge in [0.15, 0.2) is 5.92 Å². The van der Waals surface area contributed by atoms with Crippen molar-refractivity contribution in [2.24, 2.45) is 11.8 Å². The molecular formula is C15H12Br2O6. The number of esters is 3. The number of fused-ring (bicyclic) bond motifs is 1. The summed E-state index contributed by atoms with van der Waals surface area (Å²) in [5, 5.41) is 0. The SMILES string of the molecule is COC(=O)C1C(=O)Oc2c(Br)cc(Br)cc2C1C1CCOC1=O. The van der Waals surface area contributed by atoms with E-state index in [4.69, 9.17) is 14.2 Å². The van der Waals surface area contributed by atoms with Gasteiger partial charge in [0.2, 0.25) is 0 Å². The number of methoxy groups -OCH3 is 1. The van der Waals surface area contributed by atoms with E-state index in [1.165, 1.54) is 7.11 Å². The molecule has 1 aromatic carbocycles.